The summed E-state index contributed by atoms with van der Waals surface area (Å²) in [6.07, 6.45) is -8.92. The summed E-state index contributed by atoms with van der Waals surface area (Å²) >= 11 is 2.20. The standard InChI is InChI=1S/C3H2F5I.C3H3F4I/c4-2(5,1-9)3(6,7)8;4-2(5)3(6,7)1-8/h1H2;2H,1H2. The second-order valence-electron chi connectivity index (χ2n) is 2.53. The van der Waals surface area contributed by atoms with Crippen LogP contribution in [0.1, 0.15) is 0 Å². The van der Waals surface area contributed by atoms with Crippen molar-refractivity contribution >= 4 is 45.2 Å². The Kier molecular flexibility index (Phi) is 8.80. The lowest BCUT2D eigenvalue weighted by atomic mass is 10.4. The number of hydrogen-bond donors (Lipinski definition) is 0. The van der Waals surface area contributed by atoms with Crippen molar-refractivity contribution in [3.8, 4) is 0 Å². The normalized spacial score (nSPS) is 13.4. The molecule has 0 bridgehead atoms. The summed E-state index contributed by atoms with van der Waals surface area (Å²) in [4.78, 5) is 0. The quantitative estimate of drug-likeness (QED) is 0.292. The van der Waals surface area contributed by atoms with Gasteiger partial charge in [0.05, 0.1) is 8.86 Å². The van der Waals surface area contributed by atoms with E-state index < -0.39 is 33.3 Å². The van der Waals surface area contributed by atoms with Gasteiger partial charge in [0.1, 0.15) is 0 Å². The molecule has 0 aliphatic rings. The van der Waals surface area contributed by atoms with Gasteiger partial charge in [0, 0.05) is 0 Å². The fourth-order valence-electron chi connectivity index (χ4n) is 0.134. The lowest BCUT2D eigenvalue weighted by Gasteiger charge is -2.15. The highest BCUT2D eigenvalue weighted by molar-refractivity contribution is 14.1. The summed E-state index contributed by atoms with van der Waals surface area (Å²) in [7, 11) is 0. The second-order valence-corrected chi connectivity index (χ2v) is 4.06. The Bertz CT molecular complexity index is 212. The van der Waals surface area contributed by atoms with Crippen LogP contribution in [-0.2, 0) is 0 Å². The third kappa shape index (κ3) is 7.77. The highest BCUT2D eigenvalue weighted by atomic mass is 127. The fourth-order valence-corrected chi connectivity index (χ4v) is 0.899. The molecule has 0 saturated carbocycles. The summed E-state index contributed by atoms with van der Waals surface area (Å²) in [6, 6.07) is 0. The topological polar surface area (TPSA) is 0 Å². The van der Waals surface area contributed by atoms with Gasteiger partial charge in [-0.15, -0.1) is 0 Å². The number of rotatable bonds is 3. The molecule has 0 spiro atoms. The molecule has 0 radical (unpaired) electrons. The van der Waals surface area contributed by atoms with E-state index in [0.717, 1.165) is 22.6 Å². The molecule has 0 aromatic heterocycles. The average molecular weight is 502 g/mol. The van der Waals surface area contributed by atoms with Crippen LogP contribution in [0.3, 0.4) is 0 Å². The fraction of sp³-hybridized carbons (Fsp3) is 1.00. The van der Waals surface area contributed by atoms with E-state index in [9.17, 15) is 39.5 Å². The minimum atomic E-state index is -5.39. The SMILES string of the molecule is FC(F)(F)C(F)(F)CI.FC(F)C(F)(F)CI. The van der Waals surface area contributed by atoms with Crippen LogP contribution in [-0.4, -0.2) is 33.3 Å². The second kappa shape index (κ2) is 7.43. The van der Waals surface area contributed by atoms with Crippen LogP contribution in [0, 0.1) is 0 Å². The van der Waals surface area contributed by atoms with Gasteiger partial charge in [-0.25, -0.2) is 8.78 Å². The van der Waals surface area contributed by atoms with E-state index in [1.165, 1.54) is 22.6 Å². The average Bonchev–Trinajstić information content (AvgIpc) is 2.16. The van der Waals surface area contributed by atoms with Crippen molar-refractivity contribution in [3.05, 3.63) is 0 Å². The lowest BCUT2D eigenvalue weighted by molar-refractivity contribution is -0.269. The molecule has 0 unspecified atom stereocenters. The predicted molar refractivity (Wildman–Crippen MR) is 59.7 cm³/mol. The van der Waals surface area contributed by atoms with Crippen molar-refractivity contribution in [2.45, 2.75) is 24.4 Å². The van der Waals surface area contributed by atoms with Crippen molar-refractivity contribution in [1.29, 1.82) is 0 Å². The maximum absolute atomic E-state index is 11.5. The van der Waals surface area contributed by atoms with Crippen LogP contribution in [0.25, 0.3) is 0 Å². The molecular formula is C6H5F9I2. The molecule has 11 heteroatoms. The molecule has 106 valence electrons. The molecule has 0 aromatic rings. The maximum atomic E-state index is 11.5. The van der Waals surface area contributed by atoms with E-state index in [2.05, 4.69) is 0 Å². The van der Waals surface area contributed by atoms with Crippen LogP contribution < -0.4 is 0 Å². The van der Waals surface area contributed by atoms with Crippen molar-refractivity contribution < 1.29 is 39.5 Å². The van der Waals surface area contributed by atoms with E-state index in [1.807, 2.05) is 0 Å². The Morgan fingerprint density at radius 3 is 1.12 bits per heavy atom. The molecule has 0 rings (SSSR count). The molecule has 0 saturated heterocycles. The van der Waals surface area contributed by atoms with Crippen LogP contribution in [0.5, 0.6) is 0 Å². The highest BCUT2D eigenvalue weighted by Gasteiger charge is 2.56. The molecule has 0 aliphatic heterocycles. The number of halogens is 11. The molecule has 0 fully saturated rings. The van der Waals surface area contributed by atoms with Gasteiger partial charge in [0.2, 0.25) is 0 Å². The molecule has 0 heterocycles. The first-order valence-corrected chi connectivity index (χ1v) is 6.59. The van der Waals surface area contributed by atoms with Gasteiger partial charge in [-0.2, -0.15) is 30.7 Å². The summed E-state index contributed by atoms with van der Waals surface area (Å²) in [5.74, 6) is -8.34. The molecule has 17 heavy (non-hydrogen) atoms. The lowest BCUT2D eigenvalue weighted by Crippen LogP contribution is -2.37. The van der Waals surface area contributed by atoms with Gasteiger partial charge in [-0.3, -0.25) is 0 Å². The minimum absolute atomic E-state index is 0.831. The number of alkyl halides is 11. The number of hydrogen-bond acceptors (Lipinski definition) is 0. The minimum Gasteiger partial charge on any atom is -0.204 e. The van der Waals surface area contributed by atoms with Crippen molar-refractivity contribution in [2.75, 3.05) is 8.86 Å². The van der Waals surface area contributed by atoms with Crippen LogP contribution in [0.4, 0.5) is 39.5 Å². The van der Waals surface area contributed by atoms with Gasteiger partial charge in [-0.1, -0.05) is 45.2 Å². The monoisotopic (exact) mass is 502 g/mol. The van der Waals surface area contributed by atoms with Gasteiger partial charge in [-0.05, 0) is 0 Å². The van der Waals surface area contributed by atoms with E-state index in [4.69, 9.17) is 0 Å². The van der Waals surface area contributed by atoms with E-state index in [0.29, 0.717) is 0 Å². The van der Waals surface area contributed by atoms with Gasteiger partial charge in [0.25, 0.3) is 0 Å². The highest BCUT2D eigenvalue weighted by Crippen LogP contribution is 2.36. The van der Waals surface area contributed by atoms with Gasteiger partial charge < -0.3 is 0 Å². The van der Waals surface area contributed by atoms with Crippen molar-refractivity contribution in [1.82, 2.24) is 0 Å². The zero-order chi connectivity index (χ0) is 14.5. The van der Waals surface area contributed by atoms with Crippen LogP contribution in [0.15, 0.2) is 0 Å². The van der Waals surface area contributed by atoms with Crippen molar-refractivity contribution in [3.63, 3.8) is 0 Å². The Morgan fingerprint density at radius 1 is 0.765 bits per heavy atom. The zero-order valence-corrected chi connectivity index (χ0v) is 12.0. The van der Waals surface area contributed by atoms with Crippen molar-refractivity contribution in [2.24, 2.45) is 0 Å². The molecule has 0 aliphatic carbocycles. The molecular weight excluding hydrogens is 497 g/mol. The Balaban J connectivity index is 0. The maximum Gasteiger partial charge on any atom is 0.454 e. The molecule has 0 amide bonds. The Labute approximate surface area is 118 Å². The molecule has 0 atom stereocenters. The molecule has 0 N–H and O–H groups in total. The Hall–Kier alpha value is 0.830. The first-order chi connectivity index (χ1) is 7.31. The summed E-state index contributed by atoms with van der Waals surface area (Å²) < 4.78 is 99.4. The van der Waals surface area contributed by atoms with E-state index >= 15 is 0 Å². The first kappa shape index (κ1) is 20.2. The van der Waals surface area contributed by atoms with Crippen LogP contribution in [0.2, 0.25) is 0 Å². The zero-order valence-electron chi connectivity index (χ0n) is 7.65. The summed E-state index contributed by atoms with van der Waals surface area (Å²) in [5, 5.41) is 0. The predicted octanol–water partition coefficient (Wildman–Crippen LogP) is 4.94. The largest absolute Gasteiger partial charge is 0.454 e. The smallest absolute Gasteiger partial charge is 0.204 e. The third-order valence-electron chi connectivity index (χ3n) is 1.08. The Morgan fingerprint density at radius 2 is 1.12 bits per heavy atom. The summed E-state index contributed by atoms with van der Waals surface area (Å²) in [6.45, 7) is 0. The first-order valence-electron chi connectivity index (χ1n) is 3.54. The molecule has 0 nitrogen and oxygen atoms in total. The van der Waals surface area contributed by atoms with E-state index in [1.54, 1.807) is 0 Å². The summed E-state index contributed by atoms with van der Waals surface area (Å²) in [5.41, 5.74) is 0. The van der Waals surface area contributed by atoms with Gasteiger partial charge in [0.15, 0.2) is 0 Å². The molecule has 0 aromatic carbocycles. The van der Waals surface area contributed by atoms with E-state index in [-0.39, 0.29) is 0 Å². The third-order valence-corrected chi connectivity index (χ3v) is 3.06. The van der Waals surface area contributed by atoms with Gasteiger partial charge >= 0.3 is 24.4 Å². The van der Waals surface area contributed by atoms with Crippen LogP contribution >= 0.6 is 45.2 Å².